The molecular weight excluding hydrogens is 276 g/mol. The van der Waals surface area contributed by atoms with Gasteiger partial charge in [-0.05, 0) is 24.1 Å². The molecule has 2 unspecified atom stereocenters. The van der Waals surface area contributed by atoms with Gasteiger partial charge in [0.1, 0.15) is 0 Å². The Morgan fingerprint density at radius 2 is 1.95 bits per heavy atom. The molecule has 7 heteroatoms. The fraction of sp³-hybridized carbons (Fsp3) is 0.429. The molecule has 0 spiro atoms. The van der Waals surface area contributed by atoms with E-state index in [1.165, 1.54) is 25.1 Å². The van der Waals surface area contributed by atoms with Gasteiger partial charge in [0.15, 0.2) is 0 Å². The topological polar surface area (TPSA) is 112 Å². The molecule has 1 rings (SSSR count). The standard InChI is InChI=1S/C14H18N2O5/c1-4-8(2)13(17)15-12-7-10(14(18)19)5-6-11(12)9(3)16(20)21/h5-9H,4H2,1-3H3,(H,15,17)(H,18,19)/p-1. The second-order valence-corrected chi connectivity index (χ2v) is 4.85. The van der Waals surface area contributed by atoms with E-state index in [1.807, 2.05) is 6.92 Å². The van der Waals surface area contributed by atoms with Gasteiger partial charge in [-0.3, -0.25) is 14.9 Å². The van der Waals surface area contributed by atoms with Crippen LogP contribution in [0.4, 0.5) is 5.69 Å². The molecule has 114 valence electrons. The number of nitro groups is 1. The number of nitrogens with one attached hydrogen (secondary N) is 1. The van der Waals surface area contributed by atoms with Crippen molar-refractivity contribution in [3.63, 3.8) is 0 Å². The Kier molecular flexibility index (Phi) is 5.40. The molecule has 0 bridgehead atoms. The minimum Gasteiger partial charge on any atom is -0.545 e. The Morgan fingerprint density at radius 1 is 1.33 bits per heavy atom. The highest BCUT2D eigenvalue weighted by Gasteiger charge is 2.22. The molecule has 1 aromatic rings. The molecule has 0 aliphatic carbocycles. The van der Waals surface area contributed by atoms with E-state index in [2.05, 4.69) is 5.32 Å². The zero-order valence-electron chi connectivity index (χ0n) is 12.1. The Balaban J connectivity index is 3.23. The SMILES string of the molecule is CCC(C)C(=O)Nc1cc(C(=O)[O-])ccc1C(C)[N+](=O)[O-]. The number of anilines is 1. The highest BCUT2D eigenvalue weighted by Crippen LogP contribution is 2.27. The second kappa shape index (κ2) is 6.83. The van der Waals surface area contributed by atoms with Crippen molar-refractivity contribution in [2.24, 2.45) is 5.92 Å². The summed E-state index contributed by atoms with van der Waals surface area (Å²) in [7, 11) is 0. The van der Waals surface area contributed by atoms with Gasteiger partial charge < -0.3 is 15.2 Å². The smallest absolute Gasteiger partial charge is 0.237 e. The average molecular weight is 293 g/mol. The number of hydrogen-bond acceptors (Lipinski definition) is 5. The van der Waals surface area contributed by atoms with E-state index in [0.717, 1.165) is 0 Å². The van der Waals surface area contributed by atoms with Gasteiger partial charge in [-0.15, -0.1) is 0 Å². The number of hydrogen-bond donors (Lipinski definition) is 1. The van der Waals surface area contributed by atoms with Gasteiger partial charge >= 0.3 is 0 Å². The lowest BCUT2D eigenvalue weighted by atomic mass is 10.0. The molecule has 1 aromatic carbocycles. The lowest BCUT2D eigenvalue weighted by Gasteiger charge is -2.16. The van der Waals surface area contributed by atoms with Gasteiger partial charge in [0.25, 0.3) is 0 Å². The molecule has 0 aliphatic heterocycles. The van der Waals surface area contributed by atoms with Crippen molar-refractivity contribution in [3.8, 4) is 0 Å². The third-order valence-corrected chi connectivity index (χ3v) is 3.37. The highest BCUT2D eigenvalue weighted by molar-refractivity contribution is 5.95. The molecule has 0 saturated heterocycles. The summed E-state index contributed by atoms with van der Waals surface area (Å²) < 4.78 is 0. The summed E-state index contributed by atoms with van der Waals surface area (Å²) in [4.78, 5) is 33.2. The van der Waals surface area contributed by atoms with E-state index in [9.17, 15) is 24.8 Å². The van der Waals surface area contributed by atoms with E-state index in [4.69, 9.17) is 0 Å². The molecule has 21 heavy (non-hydrogen) atoms. The predicted octanol–water partition coefficient (Wildman–Crippen LogP) is 1.37. The third kappa shape index (κ3) is 4.01. The van der Waals surface area contributed by atoms with E-state index in [0.29, 0.717) is 6.42 Å². The summed E-state index contributed by atoms with van der Waals surface area (Å²) in [6.45, 7) is 4.92. The average Bonchev–Trinajstić information content (AvgIpc) is 2.45. The fourth-order valence-electron chi connectivity index (χ4n) is 1.71. The Bertz CT molecular complexity index is 570. The summed E-state index contributed by atoms with van der Waals surface area (Å²) in [6, 6.07) is 2.67. The van der Waals surface area contributed by atoms with Crippen LogP contribution in [0.5, 0.6) is 0 Å². The molecule has 1 N–H and O–H groups in total. The van der Waals surface area contributed by atoms with Crippen molar-refractivity contribution >= 4 is 17.6 Å². The number of amides is 1. The minimum absolute atomic E-state index is 0.131. The van der Waals surface area contributed by atoms with Crippen molar-refractivity contribution < 1.29 is 19.6 Å². The molecule has 0 fully saturated rings. The van der Waals surface area contributed by atoms with Crippen LogP contribution in [0.15, 0.2) is 18.2 Å². The zero-order valence-corrected chi connectivity index (χ0v) is 12.1. The number of carbonyl (C=O) groups is 2. The summed E-state index contributed by atoms with van der Waals surface area (Å²) >= 11 is 0. The molecule has 0 saturated carbocycles. The molecule has 0 heterocycles. The fourth-order valence-corrected chi connectivity index (χ4v) is 1.71. The normalized spacial score (nSPS) is 13.3. The van der Waals surface area contributed by atoms with Gasteiger partial charge in [0.2, 0.25) is 11.9 Å². The van der Waals surface area contributed by atoms with Crippen LogP contribution in [0.1, 0.15) is 49.2 Å². The first-order valence-corrected chi connectivity index (χ1v) is 6.57. The van der Waals surface area contributed by atoms with E-state index in [1.54, 1.807) is 6.92 Å². The van der Waals surface area contributed by atoms with Crippen LogP contribution in [-0.2, 0) is 4.79 Å². The first-order valence-electron chi connectivity index (χ1n) is 6.57. The van der Waals surface area contributed by atoms with Crippen molar-refractivity contribution in [3.05, 3.63) is 39.4 Å². The van der Waals surface area contributed by atoms with E-state index in [-0.39, 0.29) is 28.6 Å². The number of benzene rings is 1. The van der Waals surface area contributed by atoms with Gasteiger partial charge in [-0.1, -0.05) is 19.9 Å². The third-order valence-electron chi connectivity index (χ3n) is 3.37. The molecule has 0 radical (unpaired) electrons. The quantitative estimate of drug-likeness (QED) is 0.628. The molecule has 2 atom stereocenters. The summed E-state index contributed by atoms with van der Waals surface area (Å²) in [5.41, 5.74) is 0.238. The Hall–Kier alpha value is -2.44. The molecule has 7 nitrogen and oxygen atoms in total. The lowest BCUT2D eigenvalue weighted by Crippen LogP contribution is -2.24. The largest absolute Gasteiger partial charge is 0.545 e. The number of carboxylic acids is 1. The van der Waals surface area contributed by atoms with Crippen molar-refractivity contribution in [2.45, 2.75) is 33.2 Å². The molecule has 0 aromatic heterocycles. The van der Waals surface area contributed by atoms with Crippen molar-refractivity contribution in [1.82, 2.24) is 0 Å². The number of carbonyl (C=O) groups excluding carboxylic acids is 2. The monoisotopic (exact) mass is 293 g/mol. The first-order chi connectivity index (χ1) is 9.77. The van der Waals surface area contributed by atoms with Gasteiger partial charge in [-0.2, -0.15) is 0 Å². The van der Waals surface area contributed by atoms with Crippen LogP contribution in [0.2, 0.25) is 0 Å². The van der Waals surface area contributed by atoms with Crippen LogP contribution < -0.4 is 10.4 Å². The van der Waals surface area contributed by atoms with Gasteiger partial charge in [0.05, 0.1) is 11.7 Å². The lowest BCUT2D eigenvalue weighted by molar-refractivity contribution is -0.524. The van der Waals surface area contributed by atoms with Crippen LogP contribution in [-0.4, -0.2) is 16.8 Å². The van der Waals surface area contributed by atoms with Crippen molar-refractivity contribution in [1.29, 1.82) is 0 Å². The summed E-state index contributed by atoms with van der Waals surface area (Å²) in [5.74, 6) is -2.01. The van der Waals surface area contributed by atoms with Crippen LogP contribution in [0, 0.1) is 16.0 Å². The maximum absolute atomic E-state index is 11.9. The minimum atomic E-state index is -1.41. The van der Waals surface area contributed by atoms with E-state index < -0.39 is 16.9 Å². The summed E-state index contributed by atoms with van der Waals surface area (Å²) in [6.07, 6.45) is 0.603. The number of nitrogens with zero attached hydrogens (tertiary/aromatic N) is 1. The maximum Gasteiger partial charge on any atom is 0.237 e. The van der Waals surface area contributed by atoms with Crippen LogP contribution >= 0.6 is 0 Å². The number of rotatable bonds is 6. The van der Waals surface area contributed by atoms with Crippen LogP contribution in [0.3, 0.4) is 0 Å². The zero-order chi connectivity index (χ0) is 16.2. The van der Waals surface area contributed by atoms with Gasteiger partial charge in [-0.25, -0.2) is 0 Å². The number of carboxylic acid groups (broad SMARTS) is 1. The first kappa shape index (κ1) is 16.6. The predicted molar refractivity (Wildman–Crippen MR) is 74.3 cm³/mol. The summed E-state index contributed by atoms with van der Waals surface area (Å²) in [5, 5.41) is 24.4. The van der Waals surface area contributed by atoms with E-state index >= 15 is 0 Å². The second-order valence-electron chi connectivity index (χ2n) is 4.85. The van der Waals surface area contributed by atoms with Gasteiger partial charge in [0, 0.05) is 23.3 Å². The van der Waals surface area contributed by atoms with Crippen molar-refractivity contribution in [2.75, 3.05) is 5.32 Å². The Morgan fingerprint density at radius 3 is 2.43 bits per heavy atom. The molecule has 1 amide bonds. The molecule has 0 aliphatic rings. The maximum atomic E-state index is 11.9. The highest BCUT2D eigenvalue weighted by atomic mass is 16.6. The molecular formula is C14H17N2O5-. The van der Waals surface area contributed by atoms with Crippen LogP contribution in [0.25, 0.3) is 0 Å². The Labute approximate surface area is 122 Å². The number of aromatic carboxylic acids is 1.